The van der Waals surface area contributed by atoms with Gasteiger partial charge in [-0.05, 0) is 29.9 Å². The van der Waals surface area contributed by atoms with Gasteiger partial charge >= 0.3 is 6.09 Å². The number of carboxylic acid groups (broad SMARTS) is 1. The molecule has 0 aliphatic carbocycles. The van der Waals surface area contributed by atoms with Gasteiger partial charge in [0.25, 0.3) is 0 Å². The normalized spacial score (nSPS) is 16.6. The molecule has 2 heterocycles. The Morgan fingerprint density at radius 3 is 2.38 bits per heavy atom. The van der Waals surface area contributed by atoms with Crippen LogP contribution in [-0.4, -0.2) is 69.5 Å². The Hall–Kier alpha value is -2.20. The Labute approximate surface area is 223 Å². The third-order valence-electron chi connectivity index (χ3n) is 7.05. The lowest BCUT2D eigenvalue weighted by Crippen LogP contribution is -2.51. The van der Waals surface area contributed by atoms with Crippen molar-refractivity contribution in [3.8, 4) is 0 Å². The molecular weight excluding hydrogens is 484 g/mol. The number of imidazole rings is 1. The Kier molecular flexibility index (Phi) is 9.97. The van der Waals surface area contributed by atoms with Crippen LogP contribution in [0.2, 0.25) is 25.7 Å². The third-order valence-corrected chi connectivity index (χ3v) is 8.75. The molecule has 1 aromatic heterocycles. The highest BCUT2D eigenvalue weighted by Crippen LogP contribution is 2.40. The van der Waals surface area contributed by atoms with Crippen LogP contribution in [0, 0.1) is 5.41 Å². The SMILES string of the molecule is CC(C)(C)C(c1cn(COCC[Si](C)(C)C)c(CO)n1)N(C(=O)O)C1CCN(Cc2ccccc2)CC1. The first kappa shape index (κ1) is 29.4. The van der Waals surface area contributed by atoms with Gasteiger partial charge in [0.2, 0.25) is 0 Å². The van der Waals surface area contributed by atoms with Gasteiger partial charge in [0, 0.05) is 46.6 Å². The van der Waals surface area contributed by atoms with E-state index < -0.39 is 20.2 Å². The van der Waals surface area contributed by atoms with Crippen molar-refractivity contribution in [3.63, 3.8) is 0 Å². The molecule has 0 radical (unpaired) electrons. The average molecular weight is 531 g/mol. The van der Waals surface area contributed by atoms with E-state index in [1.165, 1.54) is 5.56 Å². The van der Waals surface area contributed by atoms with Crippen molar-refractivity contribution in [2.24, 2.45) is 5.41 Å². The molecule has 2 N–H and O–H groups in total. The molecule has 9 heteroatoms. The van der Waals surface area contributed by atoms with Crippen molar-refractivity contribution in [3.05, 3.63) is 53.6 Å². The maximum absolute atomic E-state index is 12.7. The van der Waals surface area contributed by atoms with Gasteiger partial charge in [-0.1, -0.05) is 70.7 Å². The molecule has 1 saturated heterocycles. The Morgan fingerprint density at radius 2 is 1.84 bits per heavy atom. The number of carbonyl (C=O) groups is 1. The highest BCUT2D eigenvalue weighted by atomic mass is 28.3. The van der Waals surface area contributed by atoms with Gasteiger partial charge in [0.15, 0.2) is 0 Å². The predicted molar refractivity (Wildman–Crippen MR) is 149 cm³/mol. The smallest absolute Gasteiger partial charge is 0.408 e. The largest absolute Gasteiger partial charge is 0.465 e. The second-order valence-corrected chi connectivity index (χ2v) is 18.1. The molecule has 1 atom stereocenters. The van der Waals surface area contributed by atoms with Crippen LogP contribution in [-0.2, 0) is 24.6 Å². The summed E-state index contributed by atoms with van der Waals surface area (Å²) < 4.78 is 7.73. The highest BCUT2D eigenvalue weighted by molar-refractivity contribution is 6.76. The minimum Gasteiger partial charge on any atom is -0.465 e. The van der Waals surface area contributed by atoms with Crippen LogP contribution in [0.3, 0.4) is 0 Å². The van der Waals surface area contributed by atoms with Gasteiger partial charge in [-0.2, -0.15) is 0 Å². The van der Waals surface area contributed by atoms with Crippen molar-refractivity contribution in [2.75, 3.05) is 19.7 Å². The van der Waals surface area contributed by atoms with Crippen LogP contribution >= 0.6 is 0 Å². The van der Waals surface area contributed by atoms with Gasteiger partial charge in [0.1, 0.15) is 19.2 Å². The van der Waals surface area contributed by atoms with E-state index in [-0.39, 0.29) is 18.1 Å². The second kappa shape index (κ2) is 12.6. The quantitative estimate of drug-likeness (QED) is 0.298. The lowest BCUT2D eigenvalue weighted by Gasteiger charge is -2.44. The number of aliphatic hydroxyl groups excluding tert-OH is 1. The zero-order chi connectivity index (χ0) is 27.2. The number of aliphatic hydroxyl groups is 1. The van der Waals surface area contributed by atoms with E-state index in [9.17, 15) is 15.0 Å². The summed E-state index contributed by atoms with van der Waals surface area (Å²) >= 11 is 0. The Morgan fingerprint density at radius 1 is 1.19 bits per heavy atom. The van der Waals surface area contributed by atoms with Gasteiger partial charge in [0.05, 0.1) is 11.7 Å². The lowest BCUT2D eigenvalue weighted by atomic mass is 9.82. The molecule has 2 aromatic rings. The number of likely N-dealkylation sites (tertiary alicyclic amines) is 1. The van der Waals surface area contributed by atoms with Crippen LogP contribution < -0.4 is 0 Å². The topological polar surface area (TPSA) is 91.1 Å². The van der Waals surface area contributed by atoms with Gasteiger partial charge in [-0.15, -0.1) is 0 Å². The first-order valence-corrected chi connectivity index (χ1v) is 17.1. The molecule has 206 valence electrons. The molecular formula is C28H46N4O4Si. The summed E-state index contributed by atoms with van der Waals surface area (Å²) in [4.78, 5) is 21.4. The zero-order valence-corrected chi connectivity index (χ0v) is 24.5. The van der Waals surface area contributed by atoms with Gasteiger partial charge in [-0.25, -0.2) is 9.78 Å². The van der Waals surface area contributed by atoms with Crippen LogP contribution in [0.5, 0.6) is 0 Å². The molecule has 3 rings (SSSR count). The first-order chi connectivity index (χ1) is 17.4. The highest BCUT2D eigenvalue weighted by Gasteiger charge is 2.41. The van der Waals surface area contributed by atoms with E-state index in [4.69, 9.17) is 9.72 Å². The van der Waals surface area contributed by atoms with E-state index in [0.29, 0.717) is 24.9 Å². The van der Waals surface area contributed by atoms with Crippen LogP contribution in [0.25, 0.3) is 0 Å². The fraction of sp³-hybridized carbons (Fsp3) is 0.643. The lowest BCUT2D eigenvalue weighted by molar-refractivity contribution is 0.0269. The van der Waals surface area contributed by atoms with Crippen LogP contribution in [0.1, 0.15) is 56.7 Å². The number of benzene rings is 1. The molecule has 1 aromatic carbocycles. The number of nitrogens with zero attached hydrogens (tertiary/aromatic N) is 4. The molecule has 0 saturated carbocycles. The minimum absolute atomic E-state index is 0.0931. The fourth-order valence-electron chi connectivity index (χ4n) is 5.07. The first-order valence-electron chi connectivity index (χ1n) is 13.4. The van der Waals surface area contributed by atoms with E-state index in [0.717, 1.165) is 38.5 Å². The number of rotatable bonds is 11. The molecule has 1 unspecified atom stereocenters. The monoisotopic (exact) mass is 530 g/mol. The summed E-state index contributed by atoms with van der Waals surface area (Å²) in [6, 6.07) is 10.9. The maximum Gasteiger partial charge on any atom is 0.408 e. The van der Waals surface area contributed by atoms with E-state index in [1.54, 1.807) is 4.90 Å². The summed E-state index contributed by atoms with van der Waals surface area (Å²) in [6.07, 6.45) is 2.50. The number of aromatic nitrogens is 2. The summed E-state index contributed by atoms with van der Waals surface area (Å²) in [5.74, 6) is 0.500. The fourth-order valence-corrected chi connectivity index (χ4v) is 5.82. The van der Waals surface area contributed by atoms with Crippen molar-refractivity contribution in [2.45, 2.75) is 91.3 Å². The molecule has 8 nitrogen and oxygen atoms in total. The van der Waals surface area contributed by atoms with Crippen molar-refractivity contribution in [1.29, 1.82) is 0 Å². The molecule has 1 aliphatic rings. The van der Waals surface area contributed by atoms with Crippen LogP contribution in [0.4, 0.5) is 4.79 Å². The summed E-state index contributed by atoms with van der Waals surface area (Å²) in [5.41, 5.74) is 1.56. The van der Waals surface area contributed by atoms with Crippen LogP contribution in [0.15, 0.2) is 36.5 Å². The van der Waals surface area contributed by atoms with E-state index in [1.807, 2.05) is 16.8 Å². The number of piperidine rings is 1. The molecule has 1 amide bonds. The number of hydrogen-bond donors (Lipinski definition) is 2. The van der Waals surface area contributed by atoms with Crippen molar-refractivity contribution in [1.82, 2.24) is 19.4 Å². The maximum atomic E-state index is 12.7. The predicted octanol–water partition coefficient (Wildman–Crippen LogP) is 5.42. The standard InChI is InChI=1S/C28H46N4O4Si/c1-28(2,3)26(24-19-31(25(20-33)29-24)21-36-16-17-37(4,5)6)32(27(34)35)23-12-14-30(15-13-23)18-22-10-8-7-9-11-22/h7-11,19,23,26,33H,12-18,20-21H2,1-6H3,(H,34,35). The average Bonchev–Trinajstić information content (AvgIpc) is 3.22. The minimum atomic E-state index is -1.20. The van der Waals surface area contributed by atoms with Gasteiger partial charge < -0.3 is 19.5 Å². The second-order valence-electron chi connectivity index (χ2n) is 12.5. The number of hydrogen-bond acceptors (Lipinski definition) is 5. The zero-order valence-electron chi connectivity index (χ0n) is 23.5. The van der Waals surface area contributed by atoms with E-state index in [2.05, 4.69) is 69.6 Å². The van der Waals surface area contributed by atoms with Crippen molar-refractivity contribution < 1.29 is 19.7 Å². The van der Waals surface area contributed by atoms with E-state index >= 15 is 0 Å². The molecule has 1 fully saturated rings. The summed E-state index contributed by atoms with van der Waals surface area (Å²) in [5, 5.41) is 20.4. The summed E-state index contributed by atoms with van der Waals surface area (Å²) in [7, 11) is -1.20. The summed E-state index contributed by atoms with van der Waals surface area (Å²) in [6.45, 7) is 16.4. The molecule has 0 bridgehead atoms. The number of amides is 1. The molecule has 0 spiro atoms. The third kappa shape index (κ3) is 8.40. The van der Waals surface area contributed by atoms with Gasteiger partial charge in [-0.3, -0.25) is 9.80 Å². The Balaban J connectivity index is 1.76. The Bertz CT molecular complexity index is 992. The molecule has 37 heavy (non-hydrogen) atoms. The number of ether oxygens (including phenoxy) is 1. The molecule has 1 aliphatic heterocycles. The van der Waals surface area contributed by atoms with Crippen molar-refractivity contribution >= 4 is 14.2 Å².